The van der Waals surface area contributed by atoms with Crippen LogP contribution in [0.5, 0.6) is 5.75 Å². The highest BCUT2D eigenvalue weighted by Gasteiger charge is 2.39. The van der Waals surface area contributed by atoms with Crippen molar-refractivity contribution in [3.05, 3.63) is 58.9 Å². The molecule has 1 fully saturated rings. The van der Waals surface area contributed by atoms with Crippen molar-refractivity contribution in [2.24, 2.45) is 5.92 Å². The van der Waals surface area contributed by atoms with Gasteiger partial charge in [0, 0.05) is 35.7 Å². The van der Waals surface area contributed by atoms with E-state index in [0.29, 0.717) is 36.9 Å². The summed E-state index contributed by atoms with van der Waals surface area (Å²) in [7, 11) is 3.90. The Bertz CT molecular complexity index is 1540. The summed E-state index contributed by atoms with van der Waals surface area (Å²) in [6, 6.07) is 9.92. The maximum atomic E-state index is 13.4. The van der Waals surface area contributed by atoms with E-state index in [1.54, 1.807) is 17.0 Å². The zero-order valence-electron chi connectivity index (χ0n) is 24.6. The van der Waals surface area contributed by atoms with Crippen molar-refractivity contribution in [3.8, 4) is 17.6 Å². The summed E-state index contributed by atoms with van der Waals surface area (Å²) in [5, 5.41) is 0. The van der Waals surface area contributed by atoms with Crippen LogP contribution in [0.25, 0.3) is 11.0 Å². The van der Waals surface area contributed by atoms with Crippen LogP contribution in [-0.2, 0) is 4.74 Å². The Balaban J connectivity index is 1.45. The molecule has 1 saturated heterocycles. The SMILES string of the molecule is CN(C)C1C[C@H](c2c(C=O)cccc2OC(F)F)n2c1nc1ccc(C#CC3CCN(C(=O)OC(C)(C)C)CC3)cc12. The van der Waals surface area contributed by atoms with Crippen LogP contribution in [-0.4, -0.2) is 71.1 Å². The van der Waals surface area contributed by atoms with Crippen LogP contribution in [0.1, 0.15) is 79.4 Å². The van der Waals surface area contributed by atoms with E-state index in [2.05, 4.69) is 11.8 Å². The first-order valence-electron chi connectivity index (χ1n) is 14.2. The predicted molar refractivity (Wildman–Crippen MR) is 155 cm³/mol. The minimum Gasteiger partial charge on any atom is -0.444 e. The number of amides is 1. The Kier molecular flexibility index (Phi) is 8.24. The first-order chi connectivity index (χ1) is 19.9. The number of halogens is 2. The van der Waals surface area contributed by atoms with E-state index in [1.165, 1.54) is 6.07 Å². The molecule has 0 saturated carbocycles. The standard InChI is InChI=1S/C32H36F2N4O4/c1-32(2,3)42-31(40)37-15-13-20(14-16-37)9-10-21-11-12-23-24(17-21)38-25(18-26(36(4)5)29(38)35-23)28-22(19-39)7-6-8-27(28)41-30(33)34/h6-8,11-12,17,19-20,25-26,30H,13-16,18H2,1-5H3/t25-,26?/m1/s1. The molecule has 2 aliphatic heterocycles. The van der Waals surface area contributed by atoms with E-state index in [4.69, 9.17) is 14.5 Å². The molecule has 3 aromatic rings. The first-order valence-corrected chi connectivity index (χ1v) is 14.2. The number of carbonyl (C=O) groups is 2. The summed E-state index contributed by atoms with van der Waals surface area (Å²) in [6.07, 6.45) is 2.46. The maximum Gasteiger partial charge on any atom is 0.410 e. The van der Waals surface area contributed by atoms with E-state index in [1.807, 2.05) is 62.5 Å². The molecule has 8 nitrogen and oxygen atoms in total. The van der Waals surface area contributed by atoms with Gasteiger partial charge >= 0.3 is 12.7 Å². The van der Waals surface area contributed by atoms with Gasteiger partial charge in [-0.25, -0.2) is 9.78 Å². The number of ether oxygens (including phenoxy) is 2. The highest BCUT2D eigenvalue weighted by atomic mass is 19.3. The number of nitrogens with zero attached hydrogens (tertiary/aromatic N) is 4. The number of aromatic nitrogens is 2. The van der Waals surface area contributed by atoms with Crippen LogP contribution < -0.4 is 4.74 Å². The van der Waals surface area contributed by atoms with Gasteiger partial charge in [-0.15, -0.1) is 0 Å². The average molecular weight is 579 g/mol. The quantitative estimate of drug-likeness (QED) is 0.271. The monoisotopic (exact) mass is 578 g/mol. The number of imidazole rings is 1. The number of fused-ring (bicyclic) bond motifs is 3. The van der Waals surface area contributed by atoms with Crippen LogP contribution in [0.2, 0.25) is 0 Å². The normalized spacial score (nSPS) is 19.1. The largest absolute Gasteiger partial charge is 0.444 e. The number of hydrogen-bond donors (Lipinski definition) is 0. The highest BCUT2D eigenvalue weighted by molar-refractivity contribution is 5.82. The second-order valence-corrected chi connectivity index (χ2v) is 12.0. The van der Waals surface area contributed by atoms with Gasteiger partial charge in [-0.2, -0.15) is 8.78 Å². The molecule has 2 aliphatic rings. The molecule has 0 radical (unpaired) electrons. The fourth-order valence-electron chi connectivity index (χ4n) is 5.80. The lowest BCUT2D eigenvalue weighted by Crippen LogP contribution is -2.41. The smallest absolute Gasteiger partial charge is 0.410 e. The number of carbonyl (C=O) groups excluding carboxylic acids is 2. The molecule has 2 atom stereocenters. The van der Waals surface area contributed by atoms with Gasteiger partial charge in [0.25, 0.3) is 0 Å². The van der Waals surface area contributed by atoms with Gasteiger partial charge in [0.2, 0.25) is 0 Å². The molecule has 2 aromatic carbocycles. The second-order valence-electron chi connectivity index (χ2n) is 12.0. The highest BCUT2D eigenvalue weighted by Crippen LogP contribution is 2.46. The molecule has 222 valence electrons. The topological polar surface area (TPSA) is 76.9 Å². The Hall–Kier alpha value is -3.97. The third-order valence-electron chi connectivity index (χ3n) is 7.74. The number of aldehydes is 1. The maximum absolute atomic E-state index is 13.4. The molecule has 10 heteroatoms. The van der Waals surface area contributed by atoms with Gasteiger partial charge in [-0.3, -0.25) is 9.69 Å². The fraction of sp³-hybridized carbons (Fsp3) is 0.469. The summed E-state index contributed by atoms with van der Waals surface area (Å²) in [5.41, 5.74) is 2.58. The van der Waals surface area contributed by atoms with Crippen LogP contribution in [0.3, 0.4) is 0 Å². The molecular weight excluding hydrogens is 542 g/mol. The number of alkyl halides is 2. The number of piperidine rings is 1. The minimum absolute atomic E-state index is 0.0134. The van der Waals surface area contributed by atoms with Crippen molar-refractivity contribution in [1.82, 2.24) is 19.4 Å². The summed E-state index contributed by atoms with van der Waals surface area (Å²) in [4.78, 5) is 33.1. The van der Waals surface area contributed by atoms with Crippen molar-refractivity contribution >= 4 is 23.4 Å². The lowest BCUT2D eigenvalue weighted by Gasteiger charge is -2.31. The van der Waals surface area contributed by atoms with Gasteiger partial charge in [0.15, 0.2) is 6.29 Å². The van der Waals surface area contributed by atoms with E-state index in [0.717, 1.165) is 35.3 Å². The van der Waals surface area contributed by atoms with E-state index in [-0.39, 0.29) is 23.8 Å². The van der Waals surface area contributed by atoms with E-state index < -0.39 is 18.3 Å². The molecule has 0 spiro atoms. The zero-order chi connectivity index (χ0) is 30.2. The minimum atomic E-state index is -3.02. The average Bonchev–Trinajstić information content (AvgIpc) is 3.48. The van der Waals surface area contributed by atoms with Crippen molar-refractivity contribution < 1.29 is 27.8 Å². The molecule has 5 rings (SSSR count). The van der Waals surface area contributed by atoms with Crippen LogP contribution in [0, 0.1) is 17.8 Å². The van der Waals surface area contributed by atoms with Gasteiger partial charge in [-0.1, -0.05) is 24.0 Å². The summed E-state index contributed by atoms with van der Waals surface area (Å²) in [5.74, 6) is 7.60. The molecule has 1 unspecified atom stereocenters. The molecule has 0 aliphatic carbocycles. The second kappa shape index (κ2) is 11.7. The molecule has 0 bridgehead atoms. The van der Waals surface area contributed by atoms with Crippen LogP contribution in [0.4, 0.5) is 13.6 Å². The van der Waals surface area contributed by atoms with E-state index in [9.17, 15) is 18.4 Å². The Morgan fingerprint density at radius 1 is 1.17 bits per heavy atom. The summed E-state index contributed by atoms with van der Waals surface area (Å²) >= 11 is 0. The number of benzene rings is 2. The summed E-state index contributed by atoms with van der Waals surface area (Å²) < 4.78 is 39.1. The van der Waals surface area contributed by atoms with Gasteiger partial charge < -0.3 is 18.9 Å². The number of rotatable bonds is 5. The summed E-state index contributed by atoms with van der Waals surface area (Å²) in [6.45, 7) is 3.74. The number of likely N-dealkylation sites (tertiary alicyclic amines) is 1. The molecule has 0 N–H and O–H groups in total. The van der Waals surface area contributed by atoms with Gasteiger partial charge in [0.05, 0.1) is 23.1 Å². The lowest BCUT2D eigenvalue weighted by atomic mass is 9.96. The molecule has 1 amide bonds. The molecular formula is C32H36F2N4O4. The van der Waals surface area contributed by atoms with Crippen molar-refractivity contribution in [2.75, 3.05) is 27.2 Å². The van der Waals surface area contributed by atoms with Crippen molar-refractivity contribution in [1.29, 1.82) is 0 Å². The molecule has 1 aromatic heterocycles. The third-order valence-corrected chi connectivity index (χ3v) is 7.74. The Labute approximate surface area is 244 Å². The van der Waals surface area contributed by atoms with Gasteiger partial charge in [0.1, 0.15) is 17.2 Å². The van der Waals surface area contributed by atoms with Crippen molar-refractivity contribution in [2.45, 2.75) is 64.3 Å². The van der Waals surface area contributed by atoms with E-state index >= 15 is 0 Å². The van der Waals surface area contributed by atoms with Crippen LogP contribution in [0.15, 0.2) is 36.4 Å². The lowest BCUT2D eigenvalue weighted by molar-refractivity contribution is -0.0507. The van der Waals surface area contributed by atoms with Crippen molar-refractivity contribution in [3.63, 3.8) is 0 Å². The third kappa shape index (κ3) is 6.12. The molecule has 3 heterocycles. The molecule has 42 heavy (non-hydrogen) atoms. The Morgan fingerprint density at radius 3 is 2.55 bits per heavy atom. The zero-order valence-corrected chi connectivity index (χ0v) is 24.6. The first kappa shape index (κ1) is 29.5. The Morgan fingerprint density at radius 2 is 1.90 bits per heavy atom. The van der Waals surface area contributed by atoms with Gasteiger partial charge in [-0.05, 0) is 78.4 Å². The number of hydrogen-bond acceptors (Lipinski definition) is 6. The van der Waals surface area contributed by atoms with Crippen LogP contribution >= 0.6 is 0 Å². The fourth-order valence-corrected chi connectivity index (χ4v) is 5.80. The predicted octanol–water partition coefficient (Wildman–Crippen LogP) is 6.04.